The van der Waals surface area contributed by atoms with Gasteiger partial charge in [-0.15, -0.1) is 11.3 Å². The van der Waals surface area contributed by atoms with Crippen LogP contribution < -0.4 is 5.32 Å². The van der Waals surface area contributed by atoms with Crippen molar-refractivity contribution in [2.45, 2.75) is 42.5 Å². The Labute approximate surface area is 139 Å². The number of nitrogens with zero attached hydrogens (tertiary/aromatic N) is 3. The van der Waals surface area contributed by atoms with Crippen molar-refractivity contribution in [3.05, 3.63) is 29.2 Å². The highest BCUT2D eigenvalue weighted by atomic mass is 32.2. The predicted octanol–water partition coefficient (Wildman–Crippen LogP) is 1.81. The first-order valence-corrected chi connectivity index (χ1v) is 9.89. The molecule has 7 nitrogen and oxygen atoms in total. The quantitative estimate of drug-likeness (QED) is 0.849. The number of nitrogens with one attached hydrogen (secondary N) is 1. The Bertz CT molecular complexity index is 742. The molecule has 0 aromatic carbocycles. The van der Waals surface area contributed by atoms with Gasteiger partial charge in [0, 0.05) is 19.0 Å². The Kier molecular flexibility index (Phi) is 4.81. The van der Waals surface area contributed by atoms with Crippen LogP contribution in [-0.2, 0) is 16.4 Å². The molecule has 1 N–H and O–H groups in total. The number of rotatable bonds is 6. The van der Waals surface area contributed by atoms with E-state index in [2.05, 4.69) is 15.5 Å². The maximum atomic E-state index is 12.7. The van der Waals surface area contributed by atoms with Crippen LogP contribution in [0.15, 0.2) is 26.2 Å². The fourth-order valence-electron chi connectivity index (χ4n) is 2.66. The predicted molar refractivity (Wildman–Crippen MR) is 86.7 cm³/mol. The minimum Gasteiger partial charge on any atom is -0.338 e. The third-order valence-corrected chi connectivity index (χ3v) is 7.29. The summed E-state index contributed by atoms with van der Waals surface area (Å²) in [6.07, 6.45) is 2.14. The highest BCUT2D eigenvalue weighted by Crippen LogP contribution is 2.36. The summed E-state index contributed by atoms with van der Waals surface area (Å²) in [7, 11) is -1.63. The van der Waals surface area contributed by atoms with Crippen LogP contribution in [0.1, 0.15) is 37.5 Å². The molecule has 0 amide bonds. The summed E-state index contributed by atoms with van der Waals surface area (Å²) < 4.78 is 32.7. The maximum absolute atomic E-state index is 12.7. The molecule has 1 aliphatic rings. The molecular formula is C14H20N4O3S2. The average molecular weight is 356 g/mol. The molecule has 0 saturated carbocycles. The second kappa shape index (κ2) is 6.68. The lowest BCUT2D eigenvalue weighted by Crippen LogP contribution is -2.30. The fraction of sp³-hybridized carbons (Fsp3) is 0.571. The number of thiophene rings is 1. The van der Waals surface area contributed by atoms with Gasteiger partial charge in [0.1, 0.15) is 10.3 Å². The van der Waals surface area contributed by atoms with Gasteiger partial charge < -0.3 is 9.84 Å². The van der Waals surface area contributed by atoms with Crippen molar-refractivity contribution in [3.8, 4) is 0 Å². The largest absolute Gasteiger partial charge is 0.338 e. The van der Waals surface area contributed by atoms with Gasteiger partial charge in [-0.25, -0.2) is 8.42 Å². The van der Waals surface area contributed by atoms with E-state index in [1.54, 1.807) is 17.5 Å². The smallest absolute Gasteiger partial charge is 0.253 e. The zero-order chi connectivity index (χ0) is 16.4. The Morgan fingerprint density at radius 1 is 1.57 bits per heavy atom. The minimum absolute atomic E-state index is 0.231. The highest BCUT2D eigenvalue weighted by Gasteiger charge is 2.39. The molecule has 23 heavy (non-hydrogen) atoms. The van der Waals surface area contributed by atoms with Crippen molar-refractivity contribution in [3.63, 3.8) is 0 Å². The zero-order valence-corrected chi connectivity index (χ0v) is 14.7. The molecule has 0 spiro atoms. The summed E-state index contributed by atoms with van der Waals surface area (Å²) in [4.78, 5) is 4.40. The average Bonchev–Trinajstić information content (AvgIpc) is 3.26. The van der Waals surface area contributed by atoms with Crippen molar-refractivity contribution < 1.29 is 12.9 Å². The molecule has 2 unspecified atom stereocenters. The van der Waals surface area contributed by atoms with Crippen LogP contribution in [0.25, 0.3) is 0 Å². The Balaban J connectivity index is 1.82. The van der Waals surface area contributed by atoms with Crippen molar-refractivity contribution >= 4 is 21.4 Å². The molecule has 3 rings (SSSR count). The lowest BCUT2D eigenvalue weighted by atomic mass is 10.2. The molecule has 1 saturated heterocycles. The number of likely N-dealkylation sites (N-methyl/N-ethyl adjacent to an activating group) is 1. The van der Waals surface area contributed by atoms with E-state index in [9.17, 15) is 8.42 Å². The highest BCUT2D eigenvalue weighted by molar-refractivity contribution is 7.91. The van der Waals surface area contributed by atoms with Gasteiger partial charge in [0.25, 0.3) is 10.0 Å². The second-order valence-electron chi connectivity index (χ2n) is 5.65. The summed E-state index contributed by atoms with van der Waals surface area (Å²) in [6, 6.07) is 3.23. The van der Waals surface area contributed by atoms with Crippen LogP contribution in [0.4, 0.5) is 0 Å². The first-order chi connectivity index (χ1) is 11.0. The molecule has 2 aromatic heterocycles. The van der Waals surface area contributed by atoms with Gasteiger partial charge >= 0.3 is 0 Å². The van der Waals surface area contributed by atoms with Gasteiger partial charge in [-0.05, 0) is 38.3 Å². The van der Waals surface area contributed by atoms with Crippen molar-refractivity contribution in [2.24, 2.45) is 0 Å². The number of hydrogen-bond donors (Lipinski definition) is 1. The van der Waals surface area contributed by atoms with Gasteiger partial charge in [-0.1, -0.05) is 11.2 Å². The van der Waals surface area contributed by atoms with E-state index in [0.717, 1.165) is 6.42 Å². The molecule has 2 aromatic rings. The standard InChI is InChI=1S/C14H20N4O3S2/c1-10(15-2)9-12-16-14(21-17-12)11-5-3-7-18(11)23(19,20)13-6-4-8-22-13/h4,6,8,10-11,15H,3,5,7,9H2,1-2H3. The van der Waals surface area contributed by atoms with Crippen molar-refractivity contribution in [2.75, 3.05) is 13.6 Å². The van der Waals surface area contributed by atoms with E-state index < -0.39 is 10.0 Å². The van der Waals surface area contributed by atoms with E-state index in [0.29, 0.717) is 35.3 Å². The number of sulfonamides is 1. The molecule has 126 valence electrons. The van der Waals surface area contributed by atoms with Crippen molar-refractivity contribution in [1.29, 1.82) is 0 Å². The van der Waals surface area contributed by atoms with Crippen molar-refractivity contribution in [1.82, 2.24) is 19.8 Å². The summed E-state index contributed by atoms with van der Waals surface area (Å²) in [5, 5.41) is 8.87. The summed E-state index contributed by atoms with van der Waals surface area (Å²) in [6.45, 7) is 2.51. The summed E-state index contributed by atoms with van der Waals surface area (Å²) in [5.41, 5.74) is 0. The van der Waals surface area contributed by atoms with Crippen LogP contribution in [0.3, 0.4) is 0 Å². The third-order valence-electron chi connectivity index (χ3n) is 4.01. The van der Waals surface area contributed by atoms with E-state index >= 15 is 0 Å². The van der Waals surface area contributed by atoms with Gasteiger partial charge in [-0.3, -0.25) is 0 Å². The second-order valence-corrected chi connectivity index (χ2v) is 8.71. The summed E-state index contributed by atoms with van der Waals surface area (Å²) in [5.74, 6) is 0.989. The topological polar surface area (TPSA) is 88.3 Å². The van der Waals surface area contributed by atoms with Gasteiger partial charge in [0.05, 0.1) is 0 Å². The molecule has 1 fully saturated rings. The van der Waals surface area contributed by atoms with Gasteiger partial charge in [0.2, 0.25) is 5.89 Å². The maximum Gasteiger partial charge on any atom is 0.253 e. The Morgan fingerprint density at radius 3 is 3.09 bits per heavy atom. The van der Waals surface area contributed by atoms with Gasteiger partial charge in [-0.2, -0.15) is 9.29 Å². The third kappa shape index (κ3) is 3.32. The fourth-order valence-corrected chi connectivity index (χ4v) is 5.43. The van der Waals surface area contributed by atoms with Gasteiger partial charge in [0.15, 0.2) is 5.82 Å². The minimum atomic E-state index is -3.50. The van der Waals surface area contributed by atoms with E-state index in [4.69, 9.17) is 4.52 Å². The Morgan fingerprint density at radius 2 is 2.39 bits per heavy atom. The van der Waals surface area contributed by atoms with E-state index in [1.807, 2.05) is 14.0 Å². The molecule has 0 bridgehead atoms. The Hall–Kier alpha value is -1.29. The van der Waals surface area contributed by atoms with Crippen LogP contribution in [0.5, 0.6) is 0 Å². The van der Waals surface area contributed by atoms with Crippen LogP contribution in [0, 0.1) is 0 Å². The number of hydrogen-bond acceptors (Lipinski definition) is 7. The first-order valence-electron chi connectivity index (χ1n) is 7.57. The molecule has 9 heteroatoms. The zero-order valence-electron chi connectivity index (χ0n) is 13.1. The lowest BCUT2D eigenvalue weighted by Gasteiger charge is -2.20. The molecular weight excluding hydrogens is 336 g/mol. The van der Waals surface area contributed by atoms with E-state index in [1.165, 1.54) is 15.6 Å². The monoisotopic (exact) mass is 356 g/mol. The van der Waals surface area contributed by atoms with Crippen LogP contribution in [-0.4, -0.2) is 42.5 Å². The van der Waals surface area contributed by atoms with Crippen LogP contribution in [0.2, 0.25) is 0 Å². The number of aromatic nitrogens is 2. The first kappa shape index (κ1) is 16.6. The molecule has 2 atom stereocenters. The molecule has 0 aliphatic carbocycles. The van der Waals surface area contributed by atoms with E-state index in [-0.39, 0.29) is 12.1 Å². The lowest BCUT2D eigenvalue weighted by molar-refractivity contribution is 0.289. The molecule has 1 aliphatic heterocycles. The van der Waals surface area contributed by atoms with Crippen LogP contribution >= 0.6 is 11.3 Å². The SMILES string of the molecule is CNC(C)Cc1noc(C2CCCN2S(=O)(=O)c2cccs2)n1. The normalized spacial score (nSPS) is 20.9. The molecule has 3 heterocycles. The molecule has 0 radical (unpaired) electrons. The summed E-state index contributed by atoms with van der Waals surface area (Å²) >= 11 is 1.23.